The molecule has 0 bridgehead atoms. The van der Waals surface area contributed by atoms with Gasteiger partial charge in [0.25, 0.3) is 0 Å². The molecule has 0 aromatic carbocycles. The van der Waals surface area contributed by atoms with Crippen molar-refractivity contribution in [2.45, 2.75) is 11.4 Å². The van der Waals surface area contributed by atoms with Crippen LogP contribution >= 0.6 is 0 Å². The van der Waals surface area contributed by atoms with Crippen LogP contribution in [0.2, 0.25) is 11.4 Å². The van der Waals surface area contributed by atoms with Crippen molar-refractivity contribution < 1.29 is 24.8 Å². The monoisotopic (exact) mass is 250 g/mol. The number of hydrogen-bond donors (Lipinski definition) is 0. The predicted octanol–water partition coefficient (Wildman–Crippen LogP) is -5.59. The van der Waals surface area contributed by atoms with Crippen LogP contribution in [0.3, 0.4) is 0 Å². The largest absolute Gasteiger partial charge is 1.00 e. The topological polar surface area (TPSA) is 0 Å². The average molecular weight is 251 g/mol. The molecule has 0 aliphatic heterocycles. The maximum Gasteiger partial charge on any atom is -1.00 e. The molecular formula is C2H6As2Cl2-2. The van der Waals surface area contributed by atoms with Crippen LogP contribution in [-0.2, 0) is 0 Å². The van der Waals surface area contributed by atoms with Gasteiger partial charge in [0.05, 0.1) is 0 Å². The molecule has 0 N–H and O–H groups in total. The zero-order valence-electron chi connectivity index (χ0n) is 3.65. The van der Waals surface area contributed by atoms with Gasteiger partial charge in [-0.2, -0.15) is 0 Å². The first-order chi connectivity index (χ1) is 2.00. The molecule has 0 aromatic heterocycles. The van der Waals surface area contributed by atoms with Crippen LogP contribution in [0, 0.1) is 0 Å². The van der Waals surface area contributed by atoms with Gasteiger partial charge in [-0.05, 0) is 0 Å². The molecule has 0 atom stereocenters. The fourth-order valence-corrected chi connectivity index (χ4v) is 0. The van der Waals surface area contributed by atoms with Gasteiger partial charge in [-0.1, -0.05) is 0 Å². The van der Waals surface area contributed by atoms with E-state index >= 15 is 0 Å². The Balaban J connectivity index is -0.00000000500. The second kappa shape index (κ2) is 75.5. The van der Waals surface area contributed by atoms with Gasteiger partial charge in [-0.3, -0.25) is 0 Å². The van der Waals surface area contributed by atoms with Crippen molar-refractivity contribution in [3.8, 4) is 0 Å². The molecule has 40 valence electrons. The number of halogens is 2. The molecule has 0 saturated carbocycles. The van der Waals surface area contributed by atoms with Gasteiger partial charge in [0.2, 0.25) is 0 Å². The first kappa shape index (κ1) is 25.3. The first-order valence-corrected chi connectivity index (χ1v) is 4.65. The minimum Gasteiger partial charge on any atom is -1.00 e. The van der Waals surface area contributed by atoms with Crippen molar-refractivity contribution in [3.63, 3.8) is 0 Å². The molecule has 0 rings (SSSR count). The SMILES string of the molecule is C[As].C[As].[Cl-].[Cl-]. The molecule has 0 aliphatic carbocycles. The van der Waals surface area contributed by atoms with Crippen LogP contribution in [-0.4, -0.2) is 33.7 Å². The Morgan fingerprint density at radius 1 is 0.667 bits per heavy atom. The molecule has 4 heteroatoms. The van der Waals surface area contributed by atoms with Crippen LogP contribution < -0.4 is 24.8 Å². The van der Waals surface area contributed by atoms with Crippen molar-refractivity contribution >= 4 is 33.7 Å². The Kier molecular flexibility index (Phi) is 318. The summed E-state index contributed by atoms with van der Waals surface area (Å²) in [5, 5.41) is 0. The van der Waals surface area contributed by atoms with E-state index in [2.05, 4.69) is 33.7 Å². The zero-order chi connectivity index (χ0) is 4.00. The molecule has 0 fully saturated rings. The summed E-state index contributed by atoms with van der Waals surface area (Å²) in [6, 6.07) is 0. The summed E-state index contributed by atoms with van der Waals surface area (Å²) in [7, 11) is 0. The molecule has 0 aliphatic rings. The van der Waals surface area contributed by atoms with Gasteiger partial charge >= 0.3 is 45.1 Å². The molecule has 0 spiro atoms. The maximum atomic E-state index is 2.31. The van der Waals surface area contributed by atoms with Gasteiger partial charge in [0, 0.05) is 0 Å². The molecule has 6 heavy (non-hydrogen) atoms. The van der Waals surface area contributed by atoms with E-state index < -0.39 is 0 Å². The van der Waals surface area contributed by atoms with E-state index in [1.165, 1.54) is 0 Å². The van der Waals surface area contributed by atoms with Crippen LogP contribution in [0.15, 0.2) is 0 Å². The summed E-state index contributed by atoms with van der Waals surface area (Å²) < 4.78 is 0. The van der Waals surface area contributed by atoms with Crippen molar-refractivity contribution in [2.75, 3.05) is 0 Å². The molecule has 0 nitrogen and oxygen atoms in total. The van der Waals surface area contributed by atoms with Crippen molar-refractivity contribution in [3.05, 3.63) is 0 Å². The van der Waals surface area contributed by atoms with E-state index in [9.17, 15) is 0 Å². The zero-order valence-corrected chi connectivity index (χ0v) is 8.92. The summed E-state index contributed by atoms with van der Waals surface area (Å²) >= 11 is 4.62. The minimum atomic E-state index is 0. The smallest absolute Gasteiger partial charge is 1.00 e. The van der Waals surface area contributed by atoms with Crippen LogP contribution in [0.5, 0.6) is 0 Å². The fourth-order valence-electron chi connectivity index (χ4n) is 0. The molecule has 0 amide bonds. The van der Waals surface area contributed by atoms with Gasteiger partial charge in [-0.15, -0.1) is 0 Å². The summed E-state index contributed by atoms with van der Waals surface area (Å²) in [5.74, 6) is 0. The summed E-state index contributed by atoms with van der Waals surface area (Å²) in [6.45, 7) is 0. The van der Waals surface area contributed by atoms with E-state index in [-0.39, 0.29) is 24.8 Å². The second-order valence-electron chi connectivity index (χ2n) is 0. The van der Waals surface area contributed by atoms with Crippen LogP contribution in [0.25, 0.3) is 0 Å². The van der Waals surface area contributed by atoms with Gasteiger partial charge in [0.1, 0.15) is 0 Å². The second-order valence-corrected chi connectivity index (χ2v) is 0. The predicted molar refractivity (Wildman–Crippen MR) is 23.2 cm³/mol. The Hall–Kier alpha value is 1.70. The Morgan fingerprint density at radius 3 is 0.667 bits per heavy atom. The van der Waals surface area contributed by atoms with Gasteiger partial charge < -0.3 is 24.8 Å². The van der Waals surface area contributed by atoms with Gasteiger partial charge in [0.15, 0.2) is 0 Å². The number of hydrogen-bond acceptors (Lipinski definition) is 0. The molecular weight excluding hydrogens is 245 g/mol. The molecule has 0 saturated heterocycles. The molecule has 0 aromatic rings. The van der Waals surface area contributed by atoms with Crippen molar-refractivity contribution in [1.29, 1.82) is 0 Å². The van der Waals surface area contributed by atoms with Crippen molar-refractivity contribution in [2.24, 2.45) is 0 Å². The van der Waals surface area contributed by atoms with E-state index in [1.54, 1.807) is 0 Å². The Bertz CT molecular complexity index is 9.51. The Labute approximate surface area is 69.7 Å². The van der Waals surface area contributed by atoms with E-state index in [0.29, 0.717) is 0 Å². The third-order valence-corrected chi connectivity index (χ3v) is 0. The maximum absolute atomic E-state index is 2.31. The van der Waals surface area contributed by atoms with Crippen LogP contribution in [0.1, 0.15) is 0 Å². The van der Waals surface area contributed by atoms with Crippen LogP contribution in [0.4, 0.5) is 0 Å². The first-order valence-electron chi connectivity index (χ1n) is 0.894. The third-order valence-electron chi connectivity index (χ3n) is 0. The third kappa shape index (κ3) is 43.6. The number of rotatable bonds is 0. The van der Waals surface area contributed by atoms with Crippen molar-refractivity contribution in [1.82, 2.24) is 0 Å². The minimum absolute atomic E-state index is 0. The molecule has 0 unspecified atom stereocenters. The normalized spacial score (nSPS) is 2.00. The van der Waals surface area contributed by atoms with E-state index in [4.69, 9.17) is 0 Å². The van der Waals surface area contributed by atoms with Gasteiger partial charge in [-0.25, -0.2) is 0 Å². The summed E-state index contributed by atoms with van der Waals surface area (Å²) in [6.07, 6.45) is 0. The fraction of sp³-hybridized carbons (Fsp3) is 1.00. The Morgan fingerprint density at radius 2 is 0.667 bits per heavy atom. The molecule has 0 heterocycles. The standard InChI is InChI=1S/2CH3As.2ClH/c2*1-2;;/h2*1H3;2*1H/p-2. The van der Waals surface area contributed by atoms with E-state index in [1.807, 2.05) is 11.4 Å². The average Bonchev–Trinajstić information content (AvgIpc) is 1.50. The van der Waals surface area contributed by atoms with E-state index in [0.717, 1.165) is 0 Å². The summed E-state index contributed by atoms with van der Waals surface area (Å²) in [5.41, 5.74) is 3.88. The molecule has 4 radical (unpaired) electrons. The summed E-state index contributed by atoms with van der Waals surface area (Å²) in [4.78, 5) is 0. The quantitative estimate of drug-likeness (QED) is 0.376.